The lowest BCUT2D eigenvalue weighted by molar-refractivity contribution is 0.0740. The molecule has 0 unspecified atom stereocenters. The van der Waals surface area contributed by atoms with Crippen LogP contribution in [0.25, 0.3) is 17.1 Å². The Kier molecular flexibility index (Phi) is 5.22. The minimum absolute atomic E-state index is 0.0757. The summed E-state index contributed by atoms with van der Waals surface area (Å²) in [6.45, 7) is 2.88. The first-order chi connectivity index (χ1) is 15.2. The molecule has 2 aromatic heterocycles. The molecule has 1 aliphatic rings. The first-order valence-electron chi connectivity index (χ1n) is 10.2. The standard InChI is InChI=1S/C24H21ClN4O2/c25-18-8-10-20(11-9-18)29-22(23-7-4-16-31-23)17-21(26-29)24(30)28-14-12-27(13-15-28)19-5-2-1-3-6-19/h1-11,16-17H,12-15H2. The molecule has 0 bridgehead atoms. The molecule has 156 valence electrons. The monoisotopic (exact) mass is 432 g/mol. The van der Waals surface area contributed by atoms with Crippen molar-refractivity contribution in [1.29, 1.82) is 0 Å². The topological polar surface area (TPSA) is 54.5 Å². The van der Waals surface area contributed by atoms with Crippen LogP contribution in [0.1, 0.15) is 10.5 Å². The summed E-state index contributed by atoms with van der Waals surface area (Å²) in [4.78, 5) is 17.4. The summed E-state index contributed by atoms with van der Waals surface area (Å²) in [5.41, 5.74) is 3.11. The number of aromatic nitrogens is 2. The van der Waals surface area contributed by atoms with E-state index in [0.717, 1.165) is 24.5 Å². The molecule has 0 atom stereocenters. The lowest BCUT2D eigenvalue weighted by Crippen LogP contribution is -2.48. The first kappa shape index (κ1) is 19.5. The fourth-order valence-electron chi connectivity index (χ4n) is 3.83. The Balaban J connectivity index is 1.39. The van der Waals surface area contributed by atoms with Crippen molar-refractivity contribution in [1.82, 2.24) is 14.7 Å². The van der Waals surface area contributed by atoms with Gasteiger partial charge in [-0.3, -0.25) is 4.79 Å². The zero-order valence-corrected chi connectivity index (χ0v) is 17.6. The summed E-state index contributed by atoms with van der Waals surface area (Å²) in [6.07, 6.45) is 1.61. The van der Waals surface area contributed by atoms with Gasteiger partial charge < -0.3 is 14.2 Å². The number of hydrogen-bond donors (Lipinski definition) is 0. The van der Waals surface area contributed by atoms with E-state index in [2.05, 4.69) is 22.1 Å². The highest BCUT2D eigenvalue weighted by molar-refractivity contribution is 6.30. The second-order valence-corrected chi connectivity index (χ2v) is 7.83. The largest absolute Gasteiger partial charge is 0.463 e. The highest BCUT2D eigenvalue weighted by Crippen LogP contribution is 2.26. The number of halogens is 1. The average molecular weight is 433 g/mol. The van der Waals surface area contributed by atoms with Crippen molar-refractivity contribution in [3.63, 3.8) is 0 Å². The van der Waals surface area contributed by atoms with Crippen LogP contribution in [0, 0.1) is 0 Å². The van der Waals surface area contributed by atoms with Crippen molar-refractivity contribution in [2.24, 2.45) is 0 Å². The van der Waals surface area contributed by atoms with Gasteiger partial charge in [-0.15, -0.1) is 0 Å². The van der Waals surface area contributed by atoms with E-state index in [1.54, 1.807) is 29.1 Å². The molecular formula is C24H21ClN4O2. The van der Waals surface area contributed by atoms with E-state index < -0.39 is 0 Å². The lowest BCUT2D eigenvalue weighted by atomic mass is 10.2. The Morgan fingerprint density at radius 2 is 1.61 bits per heavy atom. The highest BCUT2D eigenvalue weighted by Gasteiger charge is 2.26. The Bertz CT molecular complexity index is 1160. The van der Waals surface area contributed by atoms with Crippen molar-refractivity contribution < 1.29 is 9.21 Å². The van der Waals surface area contributed by atoms with Gasteiger partial charge in [0.05, 0.1) is 12.0 Å². The Hall–Kier alpha value is -3.51. The fraction of sp³-hybridized carbons (Fsp3) is 0.167. The number of carbonyl (C=O) groups is 1. The number of nitrogens with zero attached hydrogens (tertiary/aromatic N) is 4. The smallest absolute Gasteiger partial charge is 0.274 e. The van der Waals surface area contributed by atoms with Crippen LogP contribution in [0.4, 0.5) is 5.69 Å². The van der Waals surface area contributed by atoms with Crippen molar-refractivity contribution in [2.45, 2.75) is 0 Å². The van der Waals surface area contributed by atoms with Gasteiger partial charge >= 0.3 is 0 Å². The van der Waals surface area contributed by atoms with E-state index >= 15 is 0 Å². The van der Waals surface area contributed by atoms with Crippen LogP contribution in [0.5, 0.6) is 0 Å². The molecule has 31 heavy (non-hydrogen) atoms. The van der Waals surface area contributed by atoms with Crippen molar-refractivity contribution >= 4 is 23.2 Å². The predicted octanol–water partition coefficient (Wildman–Crippen LogP) is 4.75. The van der Waals surface area contributed by atoms with E-state index in [4.69, 9.17) is 16.0 Å². The van der Waals surface area contributed by atoms with Crippen LogP contribution in [0.3, 0.4) is 0 Å². The SMILES string of the molecule is O=C(c1cc(-c2ccco2)n(-c2ccc(Cl)cc2)n1)N1CCN(c2ccccc2)CC1. The molecule has 0 radical (unpaired) electrons. The second kappa shape index (κ2) is 8.32. The lowest BCUT2D eigenvalue weighted by Gasteiger charge is -2.35. The fourth-order valence-corrected chi connectivity index (χ4v) is 3.96. The van der Waals surface area contributed by atoms with Gasteiger partial charge in [0.15, 0.2) is 11.5 Å². The molecular weight excluding hydrogens is 412 g/mol. The number of furan rings is 1. The average Bonchev–Trinajstić information content (AvgIpc) is 3.50. The summed E-state index contributed by atoms with van der Waals surface area (Å²) < 4.78 is 7.31. The van der Waals surface area contributed by atoms with Gasteiger partial charge in [-0.2, -0.15) is 5.10 Å². The Morgan fingerprint density at radius 1 is 0.871 bits per heavy atom. The van der Waals surface area contributed by atoms with Gasteiger partial charge in [-0.25, -0.2) is 4.68 Å². The van der Waals surface area contributed by atoms with Gasteiger partial charge in [0.25, 0.3) is 5.91 Å². The van der Waals surface area contributed by atoms with Crippen LogP contribution in [-0.2, 0) is 0 Å². The molecule has 0 aliphatic carbocycles. The van der Waals surface area contributed by atoms with Crippen LogP contribution in [0.2, 0.25) is 5.02 Å². The molecule has 1 saturated heterocycles. The Morgan fingerprint density at radius 3 is 2.29 bits per heavy atom. The maximum atomic E-state index is 13.2. The summed E-state index contributed by atoms with van der Waals surface area (Å²) in [7, 11) is 0. The van der Waals surface area contributed by atoms with Crippen molar-refractivity contribution in [3.8, 4) is 17.1 Å². The van der Waals surface area contributed by atoms with Crippen molar-refractivity contribution in [2.75, 3.05) is 31.1 Å². The number of piperazine rings is 1. The van der Waals surface area contributed by atoms with Gasteiger partial charge in [0, 0.05) is 43.0 Å². The summed E-state index contributed by atoms with van der Waals surface area (Å²) in [5.74, 6) is 0.573. The number of anilines is 1. The van der Waals surface area contributed by atoms with E-state index in [1.807, 2.05) is 47.4 Å². The summed E-state index contributed by atoms with van der Waals surface area (Å²) >= 11 is 6.04. The molecule has 5 rings (SSSR count). The number of carbonyl (C=O) groups excluding carboxylic acids is 1. The van der Waals surface area contributed by atoms with Crippen molar-refractivity contribution in [3.05, 3.63) is 89.8 Å². The molecule has 3 heterocycles. The van der Waals surface area contributed by atoms with Gasteiger partial charge in [0.1, 0.15) is 5.69 Å². The Labute approximate surface area is 185 Å². The molecule has 7 heteroatoms. The van der Waals surface area contributed by atoms with Crippen LogP contribution in [-0.4, -0.2) is 46.8 Å². The van der Waals surface area contributed by atoms with E-state index in [9.17, 15) is 4.79 Å². The maximum absolute atomic E-state index is 13.2. The molecule has 0 saturated carbocycles. The maximum Gasteiger partial charge on any atom is 0.274 e. The molecule has 2 aromatic carbocycles. The van der Waals surface area contributed by atoms with Crippen LogP contribution >= 0.6 is 11.6 Å². The minimum atomic E-state index is -0.0757. The zero-order valence-electron chi connectivity index (χ0n) is 16.8. The number of rotatable bonds is 4. The minimum Gasteiger partial charge on any atom is -0.463 e. The van der Waals surface area contributed by atoms with Gasteiger partial charge in [-0.1, -0.05) is 29.8 Å². The third-order valence-corrected chi connectivity index (χ3v) is 5.71. The van der Waals surface area contributed by atoms with E-state index in [0.29, 0.717) is 29.6 Å². The number of hydrogen-bond acceptors (Lipinski definition) is 4. The van der Waals surface area contributed by atoms with Crippen LogP contribution in [0.15, 0.2) is 83.5 Å². The number of para-hydroxylation sites is 1. The summed E-state index contributed by atoms with van der Waals surface area (Å²) in [5, 5.41) is 5.27. The van der Waals surface area contributed by atoms with Crippen LogP contribution < -0.4 is 4.90 Å². The van der Waals surface area contributed by atoms with E-state index in [1.165, 1.54) is 5.69 Å². The molecule has 4 aromatic rings. The molecule has 0 N–H and O–H groups in total. The number of amides is 1. The zero-order chi connectivity index (χ0) is 21.2. The summed E-state index contributed by atoms with van der Waals surface area (Å²) in [6, 6.07) is 23.1. The number of benzene rings is 2. The second-order valence-electron chi connectivity index (χ2n) is 7.40. The predicted molar refractivity (Wildman–Crippen MR) is 121 cm³/mol. The van der Waals surface area contributed by atoms with Gasteiger partial charge in [-0.05, 0) is 48.5 Å². The molecule has 1 fully saturated rings. The molecule has 1 aliphatic heterocycles. The third kappa shape index (κ3) is 3.94. The third-order valence-electron chi connectivity index (χ3n) is 5.46. The highest BCUT2D eigenvalue weighted by atomic mass is 35.5. The molecule has 1 amide bonds. The first-order valence-corrected chi connectivity index (χ1v) is 10.6. The normalized spacial score (nSPS) is 14.1. The quantitative estimate of drug-likeness (QED) is 0.467. The van der Waals surface area contributed by atoms with Gasteiger partial charge in [0.2, 0.25) is 0 Å². The molecule has 6 nitrogen and oxygen atoms in total. The van der Waals surface area contributed by atoms with E-state index in [-0.39, 0.29) is 5.91 Å². The molecule has 0 spiro atoms.